The smallest absolute Gasteiger partial charge is 0.321 e. The number of carbonyl (C=O) groups is 1. The lowest BCUT2D eigenvalue weighted by molar-refractivity contribution is 0.0468. The Morgan fingerprint density at radius 1 is 1.17 bits per heavy atom. The molecule has 0 saturated carbocycles. The summed E-state index contributed by atoms with van der Waals surface area (Å²) in [6.07, 6.45) is 2.41. The van der Waals surface area contributed by atoms with E-state index in [1.807, 2.05) is 42.3 Å². The van der Waals surface area contributed by atoms with Gasteiger partial charge in [-0.05, 0) is 62.1 Å². The highest BCUT2D eigenvalue weighted by atomic mass is 32.1. The zero-order valence-corrected chi connectivity index (χ0v) is 20.3. The van der Waals surface area contributed by atoms with Gasteiger partial charge in [-0.25, -0.2) is 18.6 Å². The molecule has 0 spiro atoms. The van der Waals surface area contributed by atoms with E-state index >= 15 is 0 Å². The van der Waals surface area contributed by atoms with Crippen molar-refractivity contribution in [3.8, 4) is 0 Å². The van der Waals surface area contributed by atoms with Crippen LogP contribution < -0.4 is 10.8 Å². The number of halogens is 2. The van der Waals surface area contributed by atoms with E-state index in [0.717, 1.165) is 34.7 Å². The molecule has 3 aromatic rings. The molecule has 2 aliphatic rings. The monoisotopic (exact) mass is 496 g/mol. The first-order chi connectivity index (χ1) is 16.9. The van der Waals surface area contributed by atoms with Crippen LogP contribution in [0, 0.1) is 25.5 Å². The number of benzene rings is 2. The standard InChI is InChI=1S/C26H26F2N4O2S/c1-15-6-7-16(2)20(12-15)30-26(33)32-10-8-17(9-11-32)25-29-22(14-35-25)21-13-23(34-31-21)24-18(27)4-3-5-19(24)28/h3-7,12-14,17,23,31H,8-11H2,1-2H3,(H,30,33)/t23-/m1/s1. The maximum atomic E-state index is 14.1. The van der Waals surface area contributed by atoms with Crippen LogP contribution in [0.5, 0.6) is 0 Å². The highest BCUT2D eigenvalue weighted by molar-refractivity contribution is 7.09. The van der Waals surface area contributed by atoms with E-state index in [0.29, 0.717) is 24.5 Å². The molecule has 5 rings (SSSR count). The average Bonchev–Trinajstić information content (AvgIpc) is 3.52. The van der Waals surface area contributed by atoms with Gasteiger partial charge in [0.2, 0.25) is 0 Å². The molecule has 1 aromatic heterocycles. The summed E-state index contributed by atoms with van der Waals surface area (Å²) in [5, 5.41) is 5.93. The summed E-state index contributed by atoms with van der Waals surface area (Å²) < 4.78 is 28.2. The maximum Gasteiger partial charge on any atom is 0.321 e. The Morgan fingerprint density at radius 2 is 1.91 bits per heavy atom. The van der Waals surface area contributed by atoms with Crippen molar-refractivity contribution < 1.29 is 18.4 Å². The number of thiazole rings is 1. The van der Waals surface area contributed by atoms with E-state index in [1.54, 1.807) is 17.4 Å². The predicted octanol–water partition coefficient (Wildman–Crippen LogP) is 6.07. The molecule has 0 bridgehead atoms. The number of nitrogens with one attached hydrogen (secondary N) is 2. The highest BCUT2D eigenvalue weighted by Crippen LogP contribution is 2.35. The summed E-state index contributed by atoms with van der Waals surface area (Å²) in [6, 6.07) is 9.68. The fourth-order valence-electron chi connectivity index (χ4n) is 4.40. The van der Waals surface area contributed by atoms with Crippen LogP contribution in [0.1, 0.15) is 52.3 Å². The zero-order chi connectivity index (χ0) is 24.5. The first kappa shape index (κ1) is 23.4. The molecule has 3 heterocycles. The Hall–Kier alpha value is -3.30. The molecule has 9 heteroatoms. The normalized spacial score (nSPS) is 18.3. The minimum absolute atomic E-state index is 0.0825. The van der Waals surface area contributed by atoms with E-state index in [9.17, 15) is 13.6 Å². The maximum absolute atomic E-state index is 14.1. The van der Waals surface area contributed by atoms with Gasteiger partial charge in [-0.3, -0.25) is 10.3 Å². The Labute approximate surface area is 206 Å². The summed E-state index contributed by atoms with van der Waals surface area (Å²) in [5.74, 6) is -1.05. The SMILES string of the molecule is Cc1ccc(C)c(NC(=O)N2CCC(c3nc(C4=C[C@H](c5c(F)cccc5F)ON4)cs3)CC2)c1. The number of hydrogen-bond acceptors (Lipinski definition) is 5. The number of carbonyl (C=O) groups excluding carboxylic acids is 1. The Balaban J connectivity index is 1.21. The van der Waals surface area contributed by atoms with Crippen LogP contribution in [0.2, 0.25) is 0 Å². The molecule has 0 unspecified atom stereocenters. The van der Waals surface area contributed by atoms with E-state index in [-0.39, 0.29) is 17.5 Å². The number of urea groups is 1. The lowest BCUT2D eigenvalue weighted by atomic mass is 9.98. The molecule has 0 aliphatic carbocycles. The molecule has 0 radical (unpaired) electrons. The molecule has 1 fully saturated rings. The number of anilines is 1. The van der Waals surface area contributed by atoms with Crippen LogP contribution in [0.3, 0.4) is 0 Å². The molecule has 6 nitrogen and oxygen atoms in total. The van der Waals surface area contributed by atoms with E-state index in [1.165, 1.54) is 18.2 Å². The third-order valence-corrected chi connectivity index (χ3v) is 7.47. The summed E-state index contributed by atoms with van der Waals surface area (Å²) in [7, 11) is 0. The second kappa shape index (κ2) is 9.75. The lowest BCUT2D eigenvalue weighted by Crippen LogP contribution is -2.40. The van der Waals surface area contributed by atoms with E-state index in [4.69, 9.17) is 9.82 Å². The number of piperidine rings is 1. The third-order valence-electron chi connectivity index (χ3n) is 6.46. The van der Waals surface area contributed by atoms with Gasteiger partial charge in [0.1, 0.15) is 17.7 Å². The van der Waals surface area contributed by atoms with Gasteiger partial charge in [-0.15, -0.1) is 11.3 Å². The van der Waals surface area contributed by atoms with Gasteiger partial charge in [0.25, 0.3) is 0 Å². The van der Waals surface area contributed by atoms with Gasteiger partial charge in [-0.2, -0.15) is 0 Å². The quantitative estimate of drug-likeness (QED) is 0.460. The van der Waals surface area contributed by atoms with Crippen molar-refractivity contribution in [2.45, 2.75) is 38.7 Å². The molecule has 1 saturated heterocycles. The fraction of sp³-hybridized carbons (Fsp3) is 0.308. The number of likely N-dealkylation sites (tertiary alicyclic amines) is 1. The second-order valence-corrected chi connectivity index (χ2v) is 9.83. The van der Waals surface area contributed by atoms with Crippen LogP contribution in [-0.4, -0.2) is 29.0 Å². The number of rotatable bonds is 4. The first-order valence-corrected chi connectivity index (χ1v) is 12.4. The number of aromatic nitrogens is 1. The highest BCUT2D eigenvalue weighted by Gasteiger charge is 2.29. The molecule has 1 atom stereocenters. The van der Waals surface area contributed by atoms with Gasteiger partial charge in [0, 0.05) is 30.1 Å². The molecule has 2 aromatic carbocycles. The van der Waals surface area contributed by atoms with Crippen molar-refractivity contribution in [1.29, 1.82) is 0 Å². The molecule has 182 valence electrons. The van der Waals surface area contributed by atoms with Crippen molar-refractivity contribution >= 4 is 28.8 Å². The average molecular weight is 497 g/mol. The zero-order valence-electron chi connectivity index (χ0n) is 19.5. The van der Waals surface area contributed by atoms with Crippen LogP contribution in [-0.2, 0) is 4.84 Å². The molecule has 2 amide bonds. The molecule has 2 aliphatic heterocycles. The topological polar surface area (TPSA) is 66.5 Å². The van der Waals surface area contributed by atoms with E-state index in [2.05, 4.69) is 10.8 Å². The largest absolute Gasteiger partial charge is 0.324 e. The molecular formula is C26H26F2N4O2S. The molecular weight excluding hydrogens is 470 g/mol. The summed E-state index contributed by atoms with van der Waals surface area (Å²) >= 11 is 1.55. The van der Waals surface area contributed by atoms with Gasteiger partial charge in [0.05, 0.1) is 22.0 Å². The van der Waals surface area contributed by atoms with Gasteiger partial charge < -0.3 is 10.2 Å². The van der Waals surface area contributed by atoms with Gasteiger partial charge >= 0.3 is 6.03 Å². The second-order valence-electron chi connectivity index (χ2n) is 8.94. The van der Waals surface area contributed by atoms with Crippen LogP contribution in [0.15, 0.2) is 47.9 Å². The first-order valence-electron chi connectivity index (χ1n) is 11.6. The predicted molar refractivity (Wildman–Crippen MR) is 132 cm³/mol. The van der Waals surface area contributed by atoms with Crippen molar-refractivity contribution in [3.05, 3.63) is 86.9 Å². The number of hydrogen-bond donors (Lipinski definition) is 2. The van der Waals surface area contributed by atoms with Crippen molar-refractivity contribution in [2.75, 3.05) is 18.4 Å². The lowest BCUT2D eigenvalue weighted by Gasteiger charge is -2.31. The number of aryl methyl sites for hydroxylation is 2. The molecule has 2 N–H and O–H groups in total. The molecule has 35 heavy (non-hydrogen) atoms. The van der Waals surface area contributed by atoms with Gasteiger partial charge in [-0.1, -0.05) is 18.2 Å². The Kier molecular flexibility index (Phi) is 6.53. The van der Waals surface area contributed by atoms with E-state index < -0.39 is 17.7 Å². The van der Waals surface area contributed by atoms with Gasteiger partial charge in [0.15, 0.2) is 0 Å². The number of hydroxylamine groups is 1. The van der Waals surface area contributed by atoms with Crippen molar-refractivity contribution in [2.24, 2.45) is 0 Å². The van der Waals surface area contributed by atoms with Crippen molar-refractivity contribution in [3.63, 3.8) is 0 Å². The van der Waals surface area contributed by atoms with Crippen LogP contribution >= 0.6 is 11.3 Å². The summed E-state index contributed by atoms with van der Waals surface area (Å²) in [6.45, 7) is 5.28. The van der Waals surface area contributed by atoms with Crippen LogP contribution in [0.4, 0.5) is 19.3 Å². The summed E-state index contributed by atoms with van der Waals surface area (Å²) in [5.41, 5.74) is 6.88. The summed E-state index contributed by atoms with van der Waals surface area (Å²) in [4.78, 5) is 24.8. The van der Waals surface area contributed by atoms with Crippen LogP contribution in [0.25, 0.3) is 5.70 Å². The Bertz CT molecular complexity index is 1260. The third kappa shape index (κ3) is 4.92. The van der Waals surface area contributed by atoms with Crippen molar-refractivity contribution in [1.82, 2.24) is 15.4 Å². The minimum atomic E-state index is -0.866. The fourth-order valence-corrected chi connectivity index (χ4v) is 5.39. The minimum Gasteiger partial charge on any atom is -0.324 e. The Morgan fingerprint density at radius 3 is 2.66 bits per heavy atom. The number of amides is 2. The number of nitrogens with zero attached hydrogens (tertiary/aromatic N) is 2.